The zero-order chi connectivity index (χ0) is 24.1. The first kappa shape index (κ1) is 22.9. The molecule has 1 heterocycles. The predicted molar refractivity (Wildman–Crippen MR) is 130 cm³/mol. The Morgan fingerprint density at radius 1 is 0.882 bits per heavy atom. The van der Waals surface area contributed by atoms with E-state index in [0.717, 1.165) is 11.1 Å². The highest BCUT2D eigenvalue weighted by Crippen LogP contribution is 2.50. The maximum atomic E-state index is 13.2. The minimum Gasteiger partial charge on any atom is -0.481 e. The standard InChI is InChI=1S/C29H25NO4/c1-20-25(27(31)32)24(18-17-21-11-5-2-6-12-21)29(28(33)34,19-22-13-7-3-8-14-22)26(30-20)23-15-9-4-10-16-23/h2-16,24,26,30H,19H2,1H3,(H,31,32)(H,33,34). The van der Waals surface area contributed by atoms with Crippen LogP contribution in [0.15, 0.2) is 102 Å². The summed E-state index contributed by atoms with van der Waals surface area (Å²) in [6, 6.07) is 27.1. The summed E-state index contributed by atoms with van der Waals surface area (Å²) in [6.07, 6.45) is 0.105. The van der Waals surface area contributed by atoms with Crippen molar-refractivity contribution in [1.29, 1.82) is 0 Å². The molecule has 1 aliphatic rings. The van der Waals surface area contributed by atoms with E-state index in [1.165, 1.54) is 0 Å². The van der Waals surface area contributed by atoms with Crippen molar-refractivity contribution in [3.05, 3.63) is 119 Å². The van der Waals surface area contributed by atoms with Gasteiger partial charge in [-0.25, -0.2) is 4.79 Å². The van der Waals surface area contributed by atoms with Crippen LogP contribution in [0.3, 0.4) is 0 Å². The molecule has 3 aromatic rings. The van der Waals surface area contributed by atoms with Crippen LogP contribution in [0.5, 0.6) is 0 Å². The average molecular weight is 452 g/mol. The van der Waals surface area contributed by atoms with Gasteiger partial charge in [-0.05, 0) is 36.6 Å². The van der Waals surface area contributed by atoms with Gasteiger partial charge in [0.25, 0.3) is 0 Å². The first-order valence-corrected chi connectivity index (χ1v) is 11.0. The van der Waals surface area contributed by atoms with Crippen LogP contribution in [0, 0.1) is 23.2 Å². The average Bonchev–Trinajstić information content (AvgIpc) is 2.85. The van der Waals surface area contributed by atoms with Crippen molar-refractivity contribution in [2.75, 3.05) is 0 Å². The molecule has 34 heavy (non-hydrogen) atoms. The molecule has 3 unspecified atom stereocenters. The Bertz CT molecular complexity index is 1270. The Hall–Kier alpha value is -4.30. The predicted octanol–water partition coefficient (Wildman–Crippen LogP) is 4.67. The lowest BCUT2D eigenvalue weighted by Gasteiger charge is -2.46. The van der Waals surface area contributed by atoms with E-state index in [9.17, 15) is 19.8 Å². The van der Waals surface area contributed by atoms with E-state index in [0.29, 0.717) is 11.3 Å². The molecule has 0 spiro atoms. The van der Waals surface area contributed by atoms with Crippen LogP contribution in [0.4, 0.5) is 0 Å². The van der Waals surface area contributed by atoms with Crippen molar-refractivity contribution in [3.63, 3.8) is 0 Å². The van der Waals surface area contributed by atoms with Gasteiger partial charge in [0.2, 0.25) is 0 Å². The summed E-state index contributed by atoms with van der Waals surface area (Å²) in [5.41, 5.74) is 1.07. The Morgan fingerprint density at radius 3 is 2.00 bits per heavy atom. The first-order chi connectivity index (χ1) is 16.4. The van der Waals surface area contributed by atoms with Crippen LogP contribution in [0.1, 0.15) is 29.7 Å². The van der Waals surface area contributed by atoms with Gasteiger partial charge in [0.05, 0.1) is 17.5 Å². The third kappa shape index (κ3) is 4.31. The number of allylic oxidation sites excluding steroid dienone is 1. The molecular formula is C29H25NO4. The molecule has 0 radical (unpaired) electrons. The van der Waals surface area contributed by atoms with E-state index in [-0.39, 0.29) is 12.0 Å². The van der Waals surface area contributed by atoms with Crippen LogP contribution in [-0.4, -0.2) is 22.2 Å². The molecular weight excluding hydrogens is 426 g/mol. The van der Waals surface area contributed by atoms with Crippen molar-refractivity contribution in [2.24, 2.45) is 11.3 Å². The fourth-order valence-electron chi connectivity index (χ4n) is 4.71. The monoisotopic (exact) mass is 451 g/mol. The molecule has 3 aromatic carbocycles. The number of nitrogens with one attached hydrogen (secondary N) is 1. The van der Waals surface area contributed by atoms with Crippen LogP contribution in [0.25, 0.3) is 0 Å². The molecule has 170 valence electrons. The number of hydrogen-bond donors (Lipinski definition) is 3. The van der Waals surface area contributed by atoms with E-state index in [1.807, 2.05) is 91.0 Å². The first-order valence-electron chi connectivity index (χ1n) is 11.0. The molecule has 0 bridgehead atoms. The van der Waals surface area contributed by atoms with Gasteiger partial charge in [-0.15, -0.1) is 0 Å². The Morgan fingerprint density at radius 2 is 1.44 bits per heavy atom. The fraction of sp³-hybridized carbons (Fsp3) is 0.172. The van der Waals surface area contributed by atoms with Crippen LogP contribution in [0.2, 0.25) is 0 Å². The summed E-state index contributed by atoms with van der Waals surface area (Å²) < 4.78 is 0. The van der Waals surface area contributed by atoms with E-state index in [4.69, 9.17) is 0 Å². The van der Waals surface area contributed by atoms with Gasteiger partial charge < -0.3 is 15.5 Å². The lowest BCUT2D eigenvalue weighted by atomic mass is 9.60. The van der Waals surface area contributed by atoms with Gasteiger partial charge in [-0.1, -0.05) is 90.7 Å². The van der Waals surface area contributed by atoms with Gasteiger partial charge >= 0.3 is 11.9 Å². The van der Waals surface area contributed by atoms with Crippen molar-refractivity contribution in [3.8, 4) is 11.8 Å². The van der Waals surface area contributed by atoms with Gasteiger partial charge in [-0.2, -0.15) is 0 Å². The smallest absolute Gasteiger partial charge is 0.334 e. The van der Waals surface area contributed by atoms with Crippen LogP contribution in [-0.2, 0) is 16.0 Å². The normalized spacial score (nSPS) is 21.7. The van der Waals surface area contributed by atoms with E-state index < -0.39 is 29.3 Å². The quantitative estimate of drug-likeness (QED) is 0.491. The maximum absolute atomic E-state index is 13.2. The fourth-order valence-corrected chi connectivity index (χ4v) is 4.71. The van der Waals surface area contributed by atoms with E-state index >= 15 is 0 Å². The molecule has 1 aliphatic heterocycles. The minimum atomic E-state index is -1.57. The Balaban J connectivity index is 2.00. The number of carboxylic acid groups (broad SMARTS) is 2. The zero-order valence-electron chi connectivity index (χ0n) is 18.7. The molecule has 4 rings (SSSR count). The van der Waals surface area contributed by atoms with E-state index in [1.54, 1.807) is 6.92 Å². The highest BCUT2D eigenvalue weighted by molar-refractivity contribution is 5.92. The molecule has 0 saturated carbocycles. The highest BCUT2D eigenvalue weighted by atomic mass is 16.4. The topological polar surface area (TPSA) is 86.6 Å². The third-order valence-electron chi connectivity index (χ3n) is 6.32. The number of hydrogen-bond acceptors (Lipinski definition) is 3. The molecule has 0 aromatic heterocycles. The maximum Gasteiger partial charge on any atom is 0.334 e. The van der Waals surface area contributed by atoms with Gasteiger partial charge in [-0.3, -0.25) is 4.79 Å². The van der Waals surface area contributed by atoms with Crippen molar-refractivity contribution in [1.82, 2.24) is 5.32 Å². The minimum absolute atomic E-state index is 0.0195. The summed E-state index contributed by atoms with van der Waals surface area (Å²) in [4.78, 5) is 25.7. The Kier molecular flexibility index (Phi) is 6.51. The summed E-state index contributed by atoms with van der Waals surface area (Å²) in [7, 11) is 0. The number of carbonyl (C=O) groups is 2. The lowest BCUT2D eigenvalue weighted by molar-refractivity contribution is -0.154. The van der Waals surface area contributed by atoms with E-state index in [2.05, 4.69) is 17.2 Å². The molecule has 0 saturated heterocycles. The molecule has 5 heteroatoms. The largest absolute Gasteiger partial charge is 0.481 e. The molecule has 0 amide bonds. The molecule has 3 N–H and O–H groups in total. The number of aliphatic carboxylic acids is 2. The molecule has 0 aliphatic carbocycles. The van der Waals surface area contributed by atoms with Crippen molar-refractivity contribution in [2.45, 2.75) is 19.4 Å². The molecule has 0 fully saturated rings. The Labute approximate surface area is 198 Å². The summed E-state index contributed by atoms with van der Waals surface area (Å²) >= 11 is 0. The van der Waals surface area contributed by atoms with Crippen LogP contribution >= 0.6 is 0 Å². The van der Waals surface area contributed by atoms with Crippen molar-refractivity contribution < 1.29 is 19.8 Å². The number of rotatable bonds is 5. The zero-order valence-corrected chi connectivity index (χ0v) is 18.7. The second-order valence-corrected chi connectivity index (χ2v) is 8.41. The van der Waals surface area contributed by atoms with Crippen molar-refractivity contribution >= 4 is 11.9 Å². The number of benzene rings is 3. The lowest BCUT2D eigenvalue weighted by Crippen LogP contribution is -2.54. The van der Waals surface area contributed by atoms with Gasteiger partial charge in [0.15, 0.2) is 0 Å². The summed E-state index contributed by atoms with van der Waals surface area (Å²) in [5.74, 6) is 2.79. The second kappa shape index (κ2) is 9.68. The summed E-state index contributed by atoms with van der Waals surface area (Å²) in [6.45, 7) is 1.67. The van der Waals surface area contributed by atoms with Crippen LogP contribution < -0.4 is 5.32 Å². The molecule has 5 nitrogen and oxygen atoms in total. The number of carboxylic acids is 2. The second-order valence-electron chi connectivity index (χ2n) is 8.41. The SMILES string of the molecule is CC1=C(C(=O)O)C(C#Cc2ccccc2)C(Cc2ccccc2)(C(=O)O)C(c2ccccc2)N1. The van der Waals surface area contributed by atoms with Gasteiger partial charge in [0, 0.05) is 11.3 Å². The summed E-state index contributed by atoms with van der Waals surface area (Å²) in [5, 5.41) is 24.2. The molecule has 3 atom stereocenters. The third-order valence-corrected chi connectivity index (χ3v) is 6.32. The van der Waals surface area contributed by atoms with Gasteiger partial charge in [0.1, 0.15) is 5.41 Å². The highest BCUT2D eigenvalue weighted by Gasteiger charge is 2.57.